The van der Waals surface area contributed by atoms with E-state index in [4.69, 9.17) is 0 Å². The highest BCUT2D eigenvalue weighted by Crippen LogP contribution is 2.42. The first kappa shape index (κ1) is 24.3. The lowest BCUT2D eigenvalue weighted by Gasteiger charge is -2.28. The summed E-state index contributed by atoms with van der Waals surface area (Å²) in [5.74, 6) is 0.0141. The molecule has 3 aromatic rings. The van der Waals surface area contributed by atoms with Crippen LogP contribution in [0.2, 0.25) is 0 Å². The maximum Gasteiger partial charge on any atom is 0.419 e. The zero-order chi connectivity index (χ0) is 25.7. The van der Waals surface area contributed by atoms with Crippen LogP contribution in [-0.2, 0) is 16.2 Å². The number of benzene rings is 1. The number of nitriles is 1. The number of aromatic nitrogens is 3. The van der Waals surface area contributed by atoms with Crippen LogP contribution in [0.15, 0.2) is 24.5 Å². The molecule has 1 aromatic carbocycles. The van der Waals surface area contributed by atoms with Gasteiger partial charge in [0.05, 0.1) is 28.2 Å². The summed E-state index contributed by atoms with van der Waals surface area (Å²) in [6.45, 7) is 2.89. The summed E-state index contributed by atoms with van der Waals surface area (Å²) in [6, 6.07) is 5.26. The van der Waals surface area contributed by atoms with Crippen LogP contribution in [0, 0.1) is 11.3 Å². The summed E-state index contributed by atoms with van der Waals surface area (Å²) in [7, 11) is -3.64. The van der Waals surface area contributed by atoms with Crippen molar-refractivity contribution in [1.82, 2.24) is 20.3 Å². The normalized spacial score (nSPS) is 22.0. The molecule has 0 unspecified atom stereocenters. The van der Waals surface area contributed by atoms with Crippen LogP contribution in [0.4, 0.5) is 24.8 Å². The molecule has 2 aromatic heterocycles. The minimum absolute atomic E-state index is 0.0288. The van der Waals surface area contributed by atoms with Crippen LogP contribution in [0.3, 0.4) is 0 Å². The van der Waals surface area contributed by atoms with E-state index in [-0.39, 0.29) is 52.3 Å². The smallest absolute Gasteiger partial charge is 0.359 e. The molecule has 0 saturated carbocycles. The molecule has 3 N–H and O–H groups in total. The van der Waals surface area contributed by atoms with Gasteiger partial charge < -0.3 is 15.6 Å². The molecule has 190 valence electrons. The summed E-state index contributed by atoms with van der Waals surface area (Å²) in [4.78, 5) is 11.1. The molecule has 0 bridgehead atoms. The number of hydrogen-bond acceptors (Lipinski definition) is 7. The number of hydrogen-bond donors (Lipinski definition) is 3. The Kier molecular flexibility index (Phi) is 6.04. The number of fused-ring (bicyclic) bond motifs is 1. The Morgan fingerprint density at radius 2 is 2.08 bits per heavy atom. The lowest BCUT2D eigenvalue weighted by Crippen LogP contribution is -2.43. The fourth-order valence-corrected chi connectivity index (χ4v) is 6.38. The summed E-state index contributed by atoms with van der Waals surface area (Å²) in [5, 5.41) is 16.4. The molecular weight excluding hydrogens is 495 g/mol. The van der Waals surface area contributed by atoms with Crippen LogP contribution in [-0.4, -0.2) is 54.3 Å². The van der Waals surface area contributed by atoms with E-state index in [9.17, 15) is 26.9 Å². The molecule has 2 aliphatic rings. The Hall–Kier alpha value is -3.37. The lowest BCUT2D eigenvalue weighted by atomic mass is 10.0. The number of H-pyrrole nitrogens is 1. The second-order valence-corrected chi connectivity index (χ2v) is 11.1. The predicted molar refractivity (Wildman–Crippen MR) is 129 cm³/mol. The van der Waals surface area contributed by atoms with Gasteiger partial charge in [0.2, 0.25) is 16.0 Å². The highest BCUT2D eigenvalue weighted by molar-refractivity contribution is 7.93. The van der Waals surface area contributed by atoms with Crippen molar-refractivity contribution in [2.24, 2.45) is 0 Å². The van der Waals surface area contributed by atoms with E-state index in [1.54, 1.807) is 0 Å². The molecule has 9 nitrogen and oxygen atoms in total. The number of alkyl halides is 3. The molecule has 5 rings (SSSR count). The second kappa shape index (κ2) is 8.94. The largest absolute Gasteiger partial charge is 0.419 e. The average Bonchev–Trinajstić information content (AvgIpc) is 3.41. The van der Waals surface area contributed by atoms with E-state index in [0.717, 1.165) is 23.3 Å². The quantitative estimate of drug-likeness (QED) is 0.481. The maximum absolute atomic E-state index is 14.0. The zero-order valence-corrected chi connectivity index (χ0v) is 20.2. The number of anilines is 2. The van der Waals surface area contributed by atoms with Gasteiger partial charge in [-0.05, 0) is 32.3 Å². The monoisotopic (exact) mass is 519 g/mol. The van der Waals surface area contributed by atoms with Crippen molar-refractivity contribution in [2.45, 2.75) is 44.4 Å². The van der Waals surface area contributed by atoms with Gasteiger partial charge in [0, 0.05) is 48.5 Å². The Labute approximate surface area is 205 Å². The molecule has 13 heteroatoms. The number of nitrogens with zero attached hydrogens (tertiary/aromatic N) is 4. The van der Waals surface area contributed by atoms with Crippen molar-refractivity contribution in [3.05, 3.63) is 35.7 Å². The molecule has 36 heavy (non-hydrogen) atoms. The fourth-order valence-electron chi connectivity index (χ4n) is 4.79. The number of rotatable bonds is 4. The number of halogens is 3. The Morgan fingerprint density at radius 1 is 1.28 bits per heavy atom. The van der Waals surface area contributed by atoms with Crippen molar-refractivity contribution in [2.75, 3.05) is 28.5 Å². The molecule has 0 amide bonds. The summed E-state index contributed by atoms with van der Waals surface area (Å²) in [6.07, 6.45) is -0.457. The van der Waals surface area contributed by atoms with Gasteiger partial charge in [-0.2, -0.15) is 18.4 Å². The zero-order valence-electron chi connectivity index (χ0n) is 19.4. The van der Waals surface area contributed by atoms with Gasteiger partial charge >= 0.3 is 6.18 Å². The van der Waals surface area contributed by atoms with E-state index < -0.39 is 21.8 Å². The maximum atomic E-state index is 14.0. The minimum atomic E-state index is -4.72. The number of nitrogens with one attached hydrogen (secondary N) is 3. The first-order valence-electron chi connectivity index (χ1n) is 11.6. The van der Waals surface area contributed by atoms with E-state index in [2.05, 4.69) is 32.5 Å². The number of sulfonamides is 1. The molecule has 0 aliphatic carbocycles. The van der Waals surface area contributed by atoms with E-state index in [1.807, 2.05) is 6.07 Å². The SMILES string of the molecule is C[C@H]1CC[C@H](Nc2ncc(C(F)(F)F)c(-c3c[nH]c4c(N5CCCS5(=O)=O)c(C#N)ccc34)n2)CN1. The van der Waals surface area contributed by atoms with Crippen molar-refractivity contribution in [3.63, 3.8) is 0 Å². The Morgan fingerprint density at radius 3 is 2.72 bits per heavy atom. The van der Waals surface area contributed by atoms with Crippen molar-refractivity contribution < 1.29 is 21.6 Å². The molecular formula is C23H24F3N7O2S. The summed E-state index contributed by atoms with van der Waals surface area (Å²) < 4.78 is 68.3. The van der Waals surface area contributed by atoms with Gasteiger partial charge in [0.15, 0.2) is 0 Å². The molecule has 2 atom stereocenters. The van der Waals surface area contributed by atoms with Crippen LogP contribution in [0.25, 0.3) is 22.2 Å². The van der Waals surface area contributed by atoms with Crippen LogP contribution < -0.4 is 14.9 Å². The molecule has 2 fully saturated rings. The molecule has 0 spiro atoms. The fraction of sp³-hybridized carbons (Fsp3) is 0.435. The first-order chi connectivity index (χ1) is 17.1. The third kappa shape index (κ3) is 4.35. The van der Waals surface area contributed by atoms with E-state index in [0.29, 0.717) is 24.4 Å². The predicted octanol–water partition coefficient (Wildman–Crippen LogP) is 3.61. The van der Waals surface area contributed by atoms with Gasteiger partial charge in [-0.25, -0.2) is 18.4 Å². The summed E-state index contributed by atoms with van der Waals surface area (Å²) in [5.41, 5.74) is -0.683. The van der Waals surface area contributed by atoms with Crippen molar-refractivity contribution in [3.8, 4) is 17.3 Å². The van der Waals surface area contributed by atoms with Crippen LogP contribution in [0.5, 0.6) is 0 Å². The minimum Gasteiger partial charge on any atom is -0.359 e. The molecule has 2 aliphatic heterocycles. The van der Waals surface area contributed by atoms with Gasteiger partial charge in [-0.3, -0.25) is 4.31 Å². The molecule has 0 radical (unpaired) electrons. The number of aromatic amines is 1. The third-order valence-corrected chi connectivity index (χ3v) is 8.48. The van der Waals surface area contributed by atoms with Crippen molar-refractivity contribution in [1.29, 1.82) is 5.26 Å². The van der Waals surface area contributed by atoms with Gasteiger partial charge in [-0.15, -0.1) is 0 Å². The Balaban J connectivity index is 1.63. The first-order valence-corrected chi connectivity index (χ1v) is 13.2. The standard InChI is InChI=1S/C23H24F3N7O2S/c1-13-3-5-15(10-28-13)31-22-30-12-18(23(24,25)26)19(32-22)17-11-29-20-16(17)6-4-14(9-27)21(20)33-7-2-8-36(33,34)35/h4,6,11-13,15,28-29H,2-3,5,7-8,10H2,1H3,(H,30,31,32)/t13-,15-/m0/s1. The highest BCUT2D eigenvalue weighted by Gasteiger charge is 2.37. The van der Waals surface area contributed by atoms with E-state index >= 15 is 0 Å². The Bertz CT molecular complexity index is 1450. The van der Waals surface area contributed by atoms with Crippen LogP contribution in [0.1, 0.15) is 37.3 Å². The average molecular weight is 520 g/mol. The summed E-state index contributed by atoms with van der Waals surface area (Å²) >= 11 is 0. The van der Waals surface area contributed by atoms with Gasteiger partial charge in [0.25, 0.3) is 0 Å². The third-order valence-electron chi connectivity index (χ3n) is 6.64. The van der Waals surface area contributed by atoms with Crippen LogP contribution >= 0.6 is 0 Å². The second-order valence-electron chi connectivity index (χ2n) is 9.12. The van der Waals surface area contributed by atoms with Crippen molar-refractivity contribution >= 4 is 32.6 Å². The van der Waals surface area contributed by atoms with E-state index in [1.165, 1.54) is 18.3 Å². The molecule has 2 saturated heterocycles. The lowest BCUT2D eigenvalue weighted by molar-refractivity contribution is -0.137. The number of piperidine rings is 1. The van der Waals surface area contributed by atoms with Gasteiger partial charge in [-0.1, -0.05) is 6.07 Å². The topological polar surface area (TPSA) is 127 Å². The molecule has 4 heterocycles. The van der Waals surface area contributed by atoms with Gasteiger partial charge in [0.1, 0.15) is 11.6 Å². The highest BCUT2D eigenvalue weighted by atomic mass is 32.2.